The summed E-state index contributed by atoms with van der Waals surface area (Å²) < 4.78 is 0. The van der Waals surface area contributed by atoms with Gasteiger partial charge in [-0.05, 0) is 26.3 Å². The van der Waals surface area contributed by atoms with Crippen molar-refractivity contribution in [1.29, 1.82) is 0 Å². The van der Waals surface area contributed by atoms with Gasteiger partial charge in [-0.25, -0.2) is 4.98 Å². The molecule has 1 aliphatic rings. The highest BCUT2D eigenvalue weighted by Gasteiger charge is 2.39. The number of carbonyl (C=O) groups excluding carboxylic acids is 2. The highest BCUT2D eigenvalue weighted by Crippen LogP contribution is 2.25. The summed E-state index contributed by atoms with van der Waals surface area (Å²) in [5.74, 6) is 0.256. The van der Waals surface area contributed by atoms with E-state index in [0.29, 0.717) is 29.9 Å². The van der Waals surface area contributed by atoms with E-state index in [1.54, 1.807) is 29.4 Å². The molecule has 3 rings (SSSR count). The molecule has 2 heterocycles. The molecule has 0 radical (unpaired) electrons. The molecule has 2 aromatic rings. The van der Waals surface area contributed by atoms with Gasteiger partial charge in [-0.1, -0.05) is 18.2 Å². The first-order valence-corrected chi connectivity index (χ1v) is 8.43. The van der Waals surface area contributed by atoms with Gasteiger partial charge in [0.05, 0.1) is 5.56 Å². The molecule has 25 heavy (non-hydrogen) atoms. The molecule has 1 aliphatic heterocycles. The third kappa shape index (κ3) is 3.56. The van der Waals surface area contributed by atoms with E-state index in [2.05, 4.69) is 15.3 Å². The van der Waals surface area contributed by atoms with Crippen LogP contribution in [0.3, 0.4) is 0 Å². The zero-order valence-corrected chi connectivity index (χ0v) is 14.4. The smallest absolute Gasteiger partial charge is 0.255 e. The number of nitrogens with one attached hydrogen (secondary N) is 2. The molecule has 0 saturated carbocycles. The van der Waals surface area contributed by atoms with Crippen molar-refractivity contribution in [3.63, 3.8) is 0 Å². The van der Waals surface area contributed by atoms with Crippen molar-refractivity contribution in [2.24, 2.45) is 5.73 Å². The fourth-order valence-electron chi connectivity index (χ4n) is 3.17. The monoisotopic (exact) mass is 341 g/mol. The first-order valence-electron chi connectivity index (χ1n) is 8.43. The molecular formula is C18H23N5O2. The van der Waals surface area contributed by atoms with E-state index in [1.807, 2.05) is 26.0 Å². The molecule has 0 unspecified atom stereocenters. The van der Waals surface area contributed by atoms with Crippen molar-refractivity contribution < 1.29 is 9.59 Å². The number of carbonyl (C=O) groups is 2. The number of benzene rings is 1. The van der Waals surface area contributed by atoms with Crippen molar-refractivity contribution in [2.45, 2.75) is 38.4 Å². The van der Waals surface area contributed by atoms with Crippen LogP contribution < -0.4 is 11.1 Å². The molecule has 1 aromatic heterocycles. The molecule has 4 N–H and O–H groups in total. The van der Waals surface area contributed by atoms with Gasteiger partial charge >= 0.3 is 0 Å². The van der Waals surface area contributed by atoms with Crippen molar-refractivity contribution in [3.05, 3.63) is 42.2 Å². The fourth-order valence-corrected chi connectivity index (χ4v) is 3.17. The lowest BCUT2D eigenvalue weighted by Crippen LogP contribution is -2.47. The molecule has 132 valence electrons. The van der Waals surface area contributed by atoms with Crippen LogP contribution in [0.5, 0.6) is 0 Å². The average Bonchev–Trinajstić information content (AvgIpc) is 3.23. The van der Waals surface area contributed by atoms with Gasteiger partial charge < -0.3 is 20.9 Å². The minimum Gasteiger partial charge on any atom is -0.352 e. The first-order chi connectivity index (χ1) is 12.0. The number of hydrogen-bond donors (Lipinski definition) is 3. The third-order valence-electron chi connectivity index (χ3n) is 4.24. The van der Waals surface area contributed by atoms with Crippen LogP contribution in [-0.2, 0) is 4.79 Å². The maximum Gasteiger partial charge on any atom is 0.255 e. The van der Waals surface area contributed by atoms with E-state index in [9.17, 15) is 9.59 Å². The second-order valence-corrected chi connectivity index (χ2v) is 6.62. The molecule has 0 spiro atoms. The van der Waals surface area contributed by atoms with Gasteiger partial charge in [-0.2, -0.15) is 0 Å². The lowest BCUT2D eigenvalue weighted by atomic mass is 10.0. The number of likely N-dealkylation sites (tertiary alicyclic amines) is 1. The van der Waals surface area contributed by atoms with Gasteiger partial charge in [0.1, 0.15) is 11.9 Å². The van der Waals surface area contributed by atoms with Gasteiger partial charge in [-0.3, -0.25) is 9.59 Å². The number of H-pyrrole nitrogens is 1. The number of rotatable bonds is 4. The normalized spacial score (nSPS) is 20.1. The Morgan fingerprint density at radius 1 is 1.36 bits per heavy atom. The minimum absolute atomic E-state index is 0.0108. The number of aromatic amines is 1. The average molecular weight is 341 g/mol. The number of imidazole rings is 1. The molecule has 7 nitrogen and oxygen atoms in total. The van der Waals surface area contributed by atoms with Crippen LogP contribution in [-0.4, -0.2) is 51.4 Å². The van der Waals surface area contributed by atoms with Gasteiger partial charge in [0.25, 0.3) is 5.91 Å². The molecule has 1 saturated heterocycles. The Balaban J connectivity index is 1.91. The second kappa shape index (κ2) is 7.06. The Bertz CT molecular complexity index is 757. The molecule has 2 amide bonds. The largest absolute Gasteiger partial charge is 0.352 e. The summed E-state index contributed by atoms with van der Waals surface area (Å²) in [5, 5.41) is 2.88. The molecule has 0 aliphatic carbocycles. The Kier molecular flexibility index (Phi) is 4.85. The van der Waals surface area contributed by atoms with Crippen molar-refractivity contribution in [1.82, 2.24) is 20.2 Å². The van der Waals surface area contributed by atoms with Gasteiger partial charge in [0, 0.05) is 36.6 Å². The van der Waals surface area contributed by atoms with Gasteiger partial charge in [0.2, 0.25) is 5.91 Å². The molecular weight excluding hydrogens is 318 g/mol. The van der Waals surface area contributed by atoms with E-state index in [0.717, 1.165) is 0 Å². The standard InChI is InChI=1S/C18H23N5O2/c1-11(2)22-17(24)15-9-12(19)10-23(15)18(25)14-6-4-3-5-13(14)16-20-7-8-21-16/h3-8,11-12,15H,9-10,19H2,1-2H3,(H,20,21)(H,22,24)/t12-,15-/m0/s1. The highest BCUT2D eigenvalue weighted by molar-refractivity contribution is 6.02. The zero-order chi connectivity index (χ0) is 18.0. The SMILES string of the molecule is CC(C)NC(=O)[C@@H]1C[C@H](N)CN1C(=O)c1ccccc1-c1ncc[nH]1. The van der Waals surface area contributed by atoms with Crippen LogP contribution in [0.25, 0.3) is 11.4 Å². The zero-order valence-electron chi connectivity index (χ0n) is 14.4. The summed E-state index contributed by atoms with van der Waals surface area (Å²) in [4.78, 5) is 34.5. The van der Waals surface area contributed by atoms with Crippen LogP contribution in [0.2, 0.25) is 0 Å². The van der Waals surface area contributed by atoms with Crippen LogP contribution in [0.4, 0.5) is 0 Å². The molecule has 1 aromatic carbocycles. The predicted molar refractivity (Wildman–Crippen MR) is 94.7 cm³/mol. The number of aromatic nitrogens is 2. The molecule has 1 fully saturated rings. The van der Waals surface area contributed by atoms with Crippen LogP contribution in [0, 0.1) is 0 Å². The Labute approximate surface area is 146 Å². The van der Waals surface area contributed by atoms with Crippen LogP contribution in [0.15, 0.2) is 36.7 Å². The summed E-state index contributed by atoms with van der Waals surface area (Å²) in [5.41, 5.74) is 7.26. The van der Waals surface area contributed by atoms with E-state index in [4.69, 9.17) is 5.73 Å². The number of amides is 2. The maximum atomic E-state index is 13.2. The summed E-state index contributed by atoms with van der Waals surface area (Å²) in [6.07, 6.45) is 3.82. The Hall–Kier alpha value is -2.67. The summed E-state index contributed by atoms with van der Waals surface area (Å²) in [7, 11) is 0. The Morgan fingerprint density at radius 2 is 2.12 bits per heavy atom. The van der Waals surface area contributed by atoms with Crippen LogP contribution in [0.1, 0.15) is 30.6 Å². The van der Waals surface area contributed by atoms with E-state index < -0.39 is 6.04 Å². The number of hydrogen-bond acceptors (Lipinski definition) is 4. The van der Waals surface area contributed by atoms with Crippen LogP contribution >= 0.6 is 0 Å². The molecule has 2 atom stereocenters. The minimum atomic E-state index is -0.547. The molecule has 0 bridgehead atoms. The topological polar surface area (TPSA) is 104 Å². The van der Waals surface area contributed by atoms with E-state index in [-0.39, 0.29) is 23.9 Å². The number of nitrogens with two attached hydrogens (primary N) is 1. The van der Waals surface area contributed by atoms with Crippen molar-refractivity contribution >= 4 is 11.8 Å². The Morgan fingerprint density at radius 3 is 2.80 bits per heavy atom. The highest BCUT2D eigenvalue weighted by atomic mass is 16.2. The summed E-state index contributed by atoms with van der Waals surface area (Å²) in [6, 6.07) is 6.51. The van der Waals surface area contributed by atoms with Crippen molar-refractivity contribution in [2.75, 3.05) is 6.54 Å². The van der Waals surface area contributed by atoms with Gasteiger partial charge in [0.15, 0.2) is 0 Å². The van der Waals surface area contributed by atoms with E-state index >= 15 is 0 Å². The number of nitrogens with zero attached hydrogens (tertiary/aromatic N) is 2. The first kappa shape index (κ1) is 17.2. The second-order valence-electron chi connectivity index (χ2n) is 6.62. The predicted octanol–water partition coefficient (Wildman–Crippen LogP) is 1.14. The fraction of sp³-hybridized carbons (Fsp3) is 0.389. The lowest BCUT2D eigenvalue weighted by molar-refractivity contribution is -0.125. The van der Waals surface area contributed by atoms with Crippen molar-refractivity contribution in [3.8, 4) is 11.4 Å². The van der Waals surface area contributed by atoms with E-state index in [1.165, 1.54) is 0 Å². The lowest BCUT2D eigenvalue weighted by Gasteiger charge is -2.25. The molecule has 7 heteroatoms. The summed E-state index contributed by atoms with van der Waals surface area (Å²) >= 11 is 0. The quantitative estimate of drug-likeness (QED) is 0.776. The summed E-state index contributed by atoms with van der Waals surface area (Å²) in [6.45, 7) is 4.15. The maximum absolute atomic E-state index is 13.2. The van der Waals surface area contributed by atoms with Gasteiger partial charge in [-0.15, -0.1) is 0 Å². The third-order valence-corrected chi connectivity index (χ3v) is 4.24.